The monoisotopic (exact) mass is 2040 g/mol. The highest BCUT2D eigenvalue weighted by molar-refractivity contribution is 6.00. The van der Waals surface area contributed by atoms with E-state index in [-0.39, 0.29) is 95.5 Å². The number of carboxylic acid groups (broad SMARTS) is 1. The number of hydrogen-bond acceptors (Lipinski definition) is 29. The maximum Gasteiger partial charge on any atom is 0.303 e. The summed E-state index contributed by atoms with van der Waals surface area (Å²) in [5, 5.41) is 139. The van der Waals surface area contributed by atoms with Gasteiger partial charge in [-0.1, -0.05) is 21.5 Å². The number of rotatable bonds is 55. The molecule has 0 fully saturated rings. The number of aliphatic hydroxyl groups is 3. The van der Waals surface area contributed by atoms with Crippen molar-refractivity contribution in [2.75, 3.05) is 72.7 Å². The Hall–Kier alpha value is -17.6. The SMILES string of the molecule is N/C(=N\O)C1C=CC(OCCCCCOc2ccc(/C(N)=N\O)cc2)=CC1.N=C(N)c1ccc(O)cc1.N=C(N)c1ccc(OCCC(O)CCOc2ccc(C(=N)N)cc2)cc1.N=C(N)c1ccc(OCCCC(O)COc2ccc(C(=N)N)cc2)cc1.N=C(N)c1ccc(OCCCCC(=O)O)cc1.N=C(N)c1ccc(OCCCCCO)cc1.N=C(N)c1ccc(OCCCCCOc2ccc(/C(N)=N/O)cc2)cc1. The van der Waals surface area contributed by atoms with E-state index in [0.717, 1.165) is 86.5 Å². The molecule has 10 aromatic carbocycles. The predicted molar refractivity (Wildman–Crippen MR) is 574 cm³/mol. The zero-order valence-corrected chi connectivity index (χ0v) is 82.6. The number of nitrogens with one attached hydrogen (secondary N) is 8. The molecule has 41 nitrogen and oxygen atoms in total. The number of nitrogen functional groups attached to an aromatic ring is 8. The molecule has 2 atom stereocenters. The Bertz CT molecular complexity index is 5730. The van der Waals surface area contributed by atoms with E-state index in [2.05, 4.69) is 15.5 Å². The topological polar surface area (TPSA) is 785 Å². The second kappa shape index (κ2) is 70.1. The first-order valence-corrected chi connectivity index (χ1v) is 47.4. The average molecular weight is 2040 g/mol. The third kappa shape index (κ3) is 51.4. The molecule has 148 heavy (non-hydrogen) atoms. The molecular formula is C107H140N22O19. The van der Waals surface area contributed by atoms with Crippen molar-refractivity contribution in [2.45, 2.75) is 121 Å². The number of phenolic OH excluding ortho intramolecular Hbond substituents is 1. The van der Waals surface area contributed by atoms with Crippen LogP contribution in [0.3, 0.4) is 0 Å². The average Bonchev–Trinajstić information content (AvgIpc) is 0.864. The van der Waals surface area contributed by atoms with Gasteiger partial charge in [-0.05, 0) is 345 Å². The molecule has 38 N–H and O–H groups in total. The molecule has 0 radical (unpaired) electrons. The van der Waals surface area contributed by atoms with Crippen LogP contribution in [0, 0.1) is 49.2 Å². The van der Waals surface area contributed by atoms with Crippen molar-refractivity contribution in [1.29, 1.82) is 43.3 Å². The number of allylic oxidation sites excluding steroid dienone is 2. The molecule has 0 bridgehead atoms. The quantitative estimate of drug-likeness (QED) is 0.00553. The second-order valence-electron chi connectivity index (χ2n) is 32.6. The lowest BCUT2D eigenvalue weighted by molar-refractivity contribution is -0.137. The molecule has 1 aliphatic carbocycles. The Balaban J connectivity index is 0.000000309. The van der Waals surface area contributed by atoms with Crippen molar-refractivity contribution in [3.63, 3.8) is 0 Å². The molecular weight excluding hydrogens is 1900 g/mol. The molecule has 41 heteroatoms. The number of unbranched alkanes of at least 4 members (excludes halogenated alkanes) is 7. The first-order chi connectivity index (χ1) is 71.2. The first kappa shape index (κ1) is 121. The minimum Gasteiger partial charge on any atom is -0.508 e. The molecule has 11 rings (SSSR count). The van der Waals surface area contributed by atoms with E-state index in [1.165, 1.54) is 12.1 Å². The van der Waals surface area contributed by atoms with E-state index in [0.29, 0.717) is 189 Å². The lowest BCUT2D eigenvalue weighted by Gasteiger charge is -2.15. The number of benzene rings is 10. The van der Waals surface area contributed by atoms with Crippen LogP contribution in [0.2, 0.25) is 0 Å². The van der Waals surface area contributed by atoms with Crippen LogP contribution in [-0.4, -0.2) is 196 Å². The summed E-state index contributed by atoms with van der Waals surface area (Å²) in [5.74, 6) is 7.16. The fourth-order valence-electron chi connectivity index (χ4n) is 12.5. The van der Waals surface area contributed by atoms with Gasteiger partial charge in [0.15, 0.2) is 11.7 Å². The number of nitrogens with two attached hydrogens (primary N) is 11. The van der Waals surface area contributed by atoms with Gasteiger partial charge in [-0.15, -0.1) is 0 Å². The maximum absolute atomic E-state index is 10.3. The molecule has 0 aromatic heterocycles. The summed E-state index contributed by atoms with van der Waals surface area (Å²) in [4.78, 5) is 10.3. The fourth-order valence-corrected chi connectivity index (χ4v) is 12.5. The van der Waals surface area contributed by atoms with Gasteiger partial charge in [0.2, 0.25) is 0 Å². The van der Waals surface area contributed by atoms with Crippen molar-refractivity contribution in [2.24, 2.45) is 84.5 Å². The van der Waals surface area contributed by atoms with Crippen LogP contribution in [0.5, 0.6) is 57.5 Å². The van der Waals surface area contributed by atoms with E-state index in [1.807, 2.05) is 42.5 Å². The molecule has 0 saturated carbocycles. The number of amidine groups is 11. The van der Waals surface area contributed by atoms with Crippen molar-refractivity contribution >= 4 is 70.2 Å². The minimum atomic E-state index is -0.782. The van der Waals surface area contributed by atoms with Gasteiger partial charge >= 0.3 is 5.97 Å². The molecule has 0 aliphatic heterocycles. The van der Waals surface area contributed by atoms with Gasteiger partial charge in [0.05, 0.1) is 71.7 Å². The van der Waals surface area contributed by atoms with Gasteiger partial charge in [-0.25, -0.2) is 0 Å². The second-order valence-corrected chi connectivity index (χ2v) is 32.6. The summed E-state index contributed by atoms with van der Waals surface area (Å²) < 4.78 is 55.8. The number of hydrogen-bond donors (Lipinski definition) is 27. The van der Waals surface area contributed by atoms with E-state index in [4.69, 9.17) is 185 Å². The summed E-state index contributed by atoms with van der Waals surface area (Å²) in [7, 11) is 0. The number of aromatic hydroxyl groups is 1. The zero-order valence-electron chi connectivity index (χ0n) is 82.6. The van der Waals surface area contributed by atoms with Crippen LogP contribution in [0.1, 0.15) is 165 Å². The summed E-state index contributed by atoms with van der Waals surface area (Å²) in [6, 6.07) is 69.3. The van der Waals surface area contributed by atoms with Gasteiger partial charge < -0.3 is 152 Å². The van der Waals surface area contributed by atoms with E-state index in [1.54, 1.807) is 206 Å². The predicted octanol–water partition coefficient (Wildman–Crippen LogP) is 12.7. The zero-order chi connectivity index (χ0) is 108. The highest BCUT2D eigenvalue weighted by Crippen LogP contribution is 2.24. The molecule has 792 valence electrons. The normalized spacial score (nSPS) is 12.1. The number of carbonyl (C=O) groups is 1. The molecule has 2 unspecified atom stereocenters. The van der Waals surface area contributed by atoms with E-state index >= 15 is 0 Å². The minimum absolute atomic E-state index is 0.00696. The molecule has 0 amide bonds. The van der Waals surface area contributed by atoms with Crippen molar-refractivity contribution in [1.82, 2.24) is 0 Å². The maximum atomic E-state index is 10.3. The van der Waals surface area contributed by atoms with Crippen LogP contribution in [0.4, 0.5) is 0 Å². The standard InChI is InChI=1S/C19H26N4O4.3C19H24N4O3.C12H16N2O3.C12H18N2O2.C7H8N2O/c20-18(22-24)14-4-8-16(9-5-14)26-12-2-1-3-13-27-17-10-6-15(7-11-17)19(21)23-25;20-18(21)13-1-5-16(6-2-13)25-11-9-15(24)10-12-26-17-7-3-14(4-8-17)19(22)23;20-18(21)13-3-7-16(8-4-13)25-11-1-2-15(24)12-26-17-9-5-14(6-10-17)19(22)23;20-18(21)14-4-8-16(9-5-14)25-12-2-1-3-13-26-17-10-6-15(7-11-17)19(22)23-24;13-12(14)9-4-6-10(7-5-9)17-8-2-1-3-11(15)16;13-12(14)10-4-6-11(7-5-10)16-9-3-1-2-8-15;8-7(9)5-1-3-6(10)4-2-5/h4-6,8-11,15,24-25H,1-3,7,12-13H2,(H2,20,22)(H2,21,23);1-8,15,24H,9-12H2,(H3,20,21)(H3,22,23);3-10,15,24H,1-2,11-12H2,(H3,20,21)(H3,22,23);4-11,24H,1-3,12-13H2,(H3,20,21)(H2,22,23);4-7H,1-3,8H2,(H3,13,14)(H,15,16);4-7,15H,1-3,8-9H2,(H3,13,14);1-4,10H,(H3,8,9). The summed E-state index contributed by atoms with van der Waals surface area (Å²) in [6.45, 7) is 5.33. The highest BCUT2D eigenvalue weighted by atomic mass is 16.5. The van der Waals surface area contributed by atoms with Gasteiger partial charge in [0, 0.05) is 87.4 Å². The van der Waals surface area contributed by atoms with Crippen molar-refractivity contribution in [3.05, 3.63) is 322 Å². The van der Waals surface area contributed by atoms with E-state index < -0.39 is 18.2 Å². The number of phenols is 1. The van der Waals surface area contributed by atoms with Crippen LogP contribution < -0.4 is 106 Å². The lowest BCUT2D eigenvalue weighted by Crippen LogP contribution is -2.23. The Morgan fingerprint density at radius 2 is 0.541 bits per heavy atom. The molecule has 10 aromatic rings. The number of carboxylic acids is 1. The summed E-state index contributed by atoms with van der Waals surface area (Å²) in [6.07, 6.45) is 17.4. The van der Waals surface area contributed by atoms with E-state index in [9.17, 15) is 15.0 Å². The van der Waals surface area contributed by atoms with Crippen LogP contribution >= 0.6 is 0 Å². The Kier molecular flexibility index (Phi) is 57.3. The van der Waals surface area contributed by atoms with Crippen LogP contribution in [0.25, 0.3) is 0 Å². The molecule has 0 spiro atoms. The third-order valence-corrected chi connectivity index (χ3v) is 21.0. The lowest BCUT2D eigenvalue weighted by atomic mass is 9.99. The van der Waals surface area contributed by atoms with Gasteiger partial charge in [0.25, 0.3) is 0 Å². The Labute approximate surface area is 860 Å². The van der Waals surface area contributed by atoms with Crippen LogP contribution in [-0.2, 0) is 9.53 Å². The van der Waals surface area contributed by atoms with Gasteiger partial charge in [-0.3, -0.25) is 48.1 Å². The van der Waals surface area contributed by atoms with Gasteiger partial charge in [-0.2, -0.15) is 0 Å². The third-order valence-electron chi connectivity index (χ3n) is 21.0. The van der Waals surface area contributed by atoms with Crippen molar-refractivity contribution in [3.8, 4) is 57.5 Å². The fraction of sp³-hybridized carbons (Fsp3) is 0.290. The molecule has 0 saturated heterocycles. The summed E-state index contributed by atoms with van der Waals surface area (Å²) >= 11 is 0. The number of ether oxygens (including phenoxy) is 10. The highest BCUT2D eigenvalue weighted by Gasteiger charge is 2.16. The number of oxime groups is 3. The summed E-state index contributed by atoms with van der Waals surface area (Å²) in [5.41, 5.74) is 65.9. The van der Waals surface area contributed by atoms with Gasteiger partial charge in [0.1, 0.15) is 122 Å². The molecule has 1 aliphatic rings. The largest absolute Gasteiger partial charge is 0.508 e. The number of aliphatic hydroxyl groups excluding tert-OH is 3. The molecule has 0 heterocycles. The smallest absolute Gasteiger partial charge is 0.303 e. The van der Waals surface area contributed by atoms with Crippen molar-refractivity contribution < 1.29 is 93.3 Å². The number of aliphatic carboxylic acids is 1. The Morgan fingerprint density at radius 1 is 0.297 bits per heavy atom. The van der Waals surface area contributed by atoms with Crippen LogP contribution in [0.15, 0.2) is 282 Å². The first-order valence-electron chi connectivity index (χ1n) is 47.4. The Morgan fingerprint density at radius 3 is 0.791 bits per heavy atom. The number of nitrogens with zero attached hydrogens (tertiary/aromatic N) is 3.